The smallest absolute Gasteiger partial charge is 0.244 e. The monoisotopic (exact) mass is 260 g/mol. The van der Waals surface area contributed by atoms with Crippen molar-refractivity contribution in [3.63, 3.8) is 0 Å². The van der Waals surface area contributed by atoms with Gasteiger partial charge in [0.1, 0.15) is 16.4 Å². The molecular weight excluding hydrogens is 240 g/mol. The van der Waals surface area contributed by atoms with Crippen molar-refractivity contribution in [3.05, 3.63) is 17.1 Å². The Labute approximate surface area is 102 Å². The number of nitrogens with two attached hydrogens (primary N) is 1. The predicted octanol–water partition coefficient (Wildman–Crippen LogP) is 1.43. The van der Waals surface area contributed by atoms with E-state index in [1.54, 1.807) is 34.6 Å². The largest absolute Gasteiger partial charge is 0.465 e. The Kier molecular flexibility index (Phi) is 3.71. The summed E-state index contributed by atoms with van der Waals surface area (Å²) in [6, 6.07) is 0. The van der Waals surface area contributed by atoms with Gasteiger partial charge in [-0.25, -0.2) is 13.1 Å². The van der Waals surface area contributed by atoms with E-state index in [4.69, 9.17) is 10.2 Å². The molecule has 6 heteroatoms. The summed E-state index contributed by atoms with van der Waals surface area (Å²) in [5, 5.41) is 0. The molecule has 0 saturated carbocycles. The minimum absolute atomic E-state index is 0.142. The summed E-state index contributed by atoms with van der Waals surface area (Å²) in [6.07, 6.45) is 0. The average Bonchev–Trinajstić information content (AvgIpc) is 2.36. The van der Waals surface area contributed by atoms with Crippen LogP contribution in [0.15, 0.2) is 9.31 Å². The van der Waals surface area contributed by atoms with Crippen molar-refractivity contribution in [2.24, 2.45) is 5.73 Å². The van der Waals surface area contributed by atoms with Crippen LogP contribution in [0.2, 0.25) is 0 Å². The van der Waals surface area contributed by atoms with Crippen LogP contribution in [0, 0.1) is 13.8 Å². The number of sulfonamides is 1. The molecule has 0 spiro atoms. The second-order valence-electron chi connectivity index (χ2n) is 5.08. The van der Waals surface area contributed by atoms with Crippen LogP contribution in [0.3, 0.4) is 0 Å². The van der Waals surface area contributed by atoms with Gasteiger partial charge in [-0.3, -0.25) is 0 Å². The summed E-state index contributed by atoms with van der Waals surface area (Å²) in [7, 11) is -3.59. The molecule has 98 valence electrons. The molecule has 0 radical (unpaired) electrons. The van der Waals surface area contributed by atoms with Gasteiger partial charge < -0.3 is 10.2 Å². The highest BCUT2D eigenvalue weighted by Gasteiger charge is 2.29. The minimum Gasteiger partial charge on any atom is -0.465 e. The van der Waals surface area contributed by atoms with Crippen molar-refractivity contribution >= 4 is 10.0 Å². The second kappa shape index (κ2) is 4.44. The molecule has 17 heavy (non-hydrogen) atoms. The van der Waals surface area contributed by atoms with Crippen LogP contribution < -0.4 is 10.5 Å². The molecule has 0 aliphatic rings. The Bertz CT molecular complexity index is 510. The number of aryl methyl sites for hydroxylation is 2. The Balaban J connectivity index is 3.34. The summed E-state index contributed by atoms with van der Waals surface area (Å²) in [5.74, 6) is 0.930. The second-order valence-corrected chi connectivity index (χ2v) is 6.70. The first-order valence-corrected chi connectivity index (χ1v) is 6.89. The Morgan fingerprint density at radius 2 is 1.76 bits per heavy atom. The third-order valence-electron chi connectivity index (χ3n) is 2.24. The van der Waals surface area contributed by atoms with Gasteiger partial charge in [-0.1, -0.05) is 0 Å². The molecule has 0 atom stereocenters. The highest BCUT2D eigenvalue weighted by Crippen LogP contribution is 2.26. The normalized spacial score (nSPS) is 13.1. The zero-order valence-corrected chi connectivity index (χ0v) is 11.7. The van der Waals surface area contributed by atoms with Crippen molar-refractivity contribution in [1.82, 2.24) is 4.72 Å². The molecule has 0 fully saturated rings. The fourth-order valence-electron chi connectivity index (χ4n) is 1.75. The lowest BCUT2D eigenvalue weighted by molar-refractivity contribution is 0.481. The fourth-order valence-corrected chi connectivity index (χ4v) is 3.63. The molecule has 0 unspecified atom stereocenters. The zero-order chi connectivity index (χ0) is 13.4. The Morgan fingerprint density at radius 3 is 2.18 bits per heavy atom. The van der Waals surface area contributed by atoms with Gasteiger partial charge in [0, 0.05) is 17.6 Å². The number of hydrogen-bond donors (Lipinski definition) is 2. The Hall–Kier alpha value is -0.850. The number of furan rings is 1. The first kappa shape index (κ1) is 14.2. The van der Waals surface area contributed by atoms with Crippen LogP contribution in [0.25, 0.3) is 0 Å². The lowest BCUT2D eigenvalue weighted by Gasteiger charge is -2.20. The van der Waals surface area contributed by atoms with Crippen LogP contribution in [0.4, 0.5) is 0 Å². The fraction of sp³-hybridized carbons (Fsp3) is 0.636. The molecular formula is C11H20N2O3S. The average molecular weight is 260 g/mol. The predicted molar refractivity (Wildman–Crippen MR) is 66.1 cm³/mol. The van der Waals surface area contributed by atoms with Gasteiger partial charge in [-0.2, -0.15) is 0 Å². The van der Waals surface area contributed by atoms with Crippen LogP contribution in [-0.4, -0.2) is 14.0 Å². The third-order valence-corrected chi connectivity index (χ3v) is 4.19. The quantitative estimate of drug-likeness (QED) is 0.861. The van der Waals surface area contributed by atoms with Crippen LogP contribution in [0.1, 0.15) is 37.9 Å². The van der Waals surface area contributed by atoms with E-state index in [1.807, 2.05) is 0 Å². The molecule has 0 saturated heterocycles. The van der Waals surface area contributed by atoms with Crippen LogP contribution in [-0.2, 0) is 16.6 Å². The molecule has 0 bridgehead atoms. The van der Waals surface area contributed by atoms with Gasteiger partial charge in [0.15, 0.2) is 0 Å². The molecule has 0 aromatic carbocycles. The van der Waals surface area contributed by atoms with Crippen molar-refractivity contribution in [2.45, 2.75) is 51.6 Å². The zero-order valence-electron chi connectivity index (χ0n) is 10.9. The number of hydrogen-bond acceptors (Lipinski definition) is 4. The van der Waals surface area contributed by atoms with Crippen LogP contribution in [0.5, 0.6) is 0 Å². The maximum absolute atomic E-state index is 12.2. The minimum atomic E-state index is -3.59. The standard InChI is InChI=1S/C11H20N2O3S/c1-7-9(6-12)10(8(2)16-7)17(14,15)13-11(3,4)5/h13H,6,12H2,1-5H3. The van der Waals surface area contributed by atoms with E-state index < -0.39 is 15.6 Å². The van der Waals surface area contributed by atoms with E-state index in [0.29, 0.717) is 17.1 Å². The van der Waals surface area contributed by atoms with E-state index >= 15 is 0 Å². The molecule has 1 rings (SSSR count). The lowest BCUT2D eigenvalue weighted by Crippen LogP contribution is -2.41. The molecule has 5 nitrogen and oxygen atoms in total. The lowest BCUT2D eigenvalue weighted by atomic mass is 10.1. The molecule has 1 heterocycles. The third kappa shape index (κ3) is 3.08. The summed E-state index contributed by atoms with van der Waals surface area (Å²) in [4.78, 5) is 0.174. The summed E-state index contributed by atoms with van der Waals surface area (Å²) >= 11 is 0. The van der Waals surface area contributed by atoms with E-state index in [-0.39, 0.29) is 11.4 Å². The van der Waals surface area contributed by atoms with E-state index in [0.717, 1.165) is 0 Å². The molecule has 0 amide bonds. The Morgan fingerprint density at radius 1 is 1.24 bits per heavy atom. The molecule has 1 aromatic rings. The molecule has 0 aliphatic heterocycles. The maximum Gasteiger partial charge on any atom is 0.244 e. The van der Waals surface area contributed by atoms with E-state index in [9.17, 15) is 8.42 Å². The van der Waals surface area contributed by atoms with Gasteiger partial charge >= 0.3 is 0 Å². The van der Waals surface area contributed by atoms with Gasteiger partial charge in [-0.15, -0.1) is 0 Å². The van der Waals surface area contributed by atoms with Crippen molar-refractivity contribution in [1.29, 1.82) is 0 Å². The van der Waals surface area contributed by atoms with Crippen molar-refractivity contribution < 1.29 is 12.8 Å². The SMILES string of the molecule is Cc1oc(C)c(S(=O)(=O)NC(C)(C)C)c1CN. The van der Waals surface area contributed by atoms with E-state index in [1.165, 1.54) is 0 Å². The summed E-state index contributed by atoms with van der Waals surface area (Å²) in [5.41, 5.74) is 5.57. The van der Waals surface area contributed by atoms with Crippen molar-refractivity contribution in [3.8, 4) is 0 Å². The van der Waals surface area contributed by atoms with Gasteiger partial charge in [0.05, 0.1) is 0 Å². The highest BCUT2D eigenvalue weighted by atomic mass is 32.2. The summed E-state index contributed by atoms with van der Waals surface area (Å²) < 4.78 is 32.4. The topological polar surface area (TPSA) is 85.3 Å². The van der Waals surface area contributed by atoms with Gasteiger partial charge in [0.25, 0.3) is 0 Å². The maximum atomic E-state index is 12.2. The van der Waals surface area contributed by atoms with E-state index in [2.05, 4.69) is 4.72 Å². The highest BCUT2D eigenvalue weighted by molar-refractivity contribution is 7.89. The molecule has 0 aliphatic carbocycles. The first-order valence-electron chi connectivity index (χ1n) is 5.41. The number of nitrogens with one attached hydrogen (secondary N) is 1. The van der Waals surface area contributed by atoms with Crippen LogP contribution >= 0.6 is 0 Å². The van der Waals surface area contributed by atoms with Crippen molar-refractivity contribution in [2.75, 3.05) is 0 Å². The molecule has 1 aromatic heterocycles. The number of rotatable bonds is 3. The van der Waals surface area contributed by atoms with Gasteiger partial charge in [-0.05, 0) is 34.6 Å². The van der Waals surface area contributed by atoms with Gasteiger partial charge in [0.2, 0.25) is 10.0 Å². The molecule has 3 N–H and O–H groups in total. The summed E-state index contributed by atoms with van der Waals surface area (Å²) in [6.45, 7) is 8.84. The first-order chi connectivity index (χ1) is 7.58.